The maximum absolute atomic E-state index is 4.51. The van der Waals surface area contributed by atoms with Gasteiger partial charge in [-0.05, 0) is 44.0 Å². The predicted molar refractivity (Wildman–Crippen MR) is 86.5 cm³/mol. The first kappa shape index (κ1) is 13.6. The highest BCUT2D eigenvalue weighted by Crippen LogP contribution is 2.19. The van der Waals surface area contributed by atoms with E-state index in [0.717, 1.165) is 23.3 Å². The molecule has 0 atom stereocenters. The highest BCUT2D eigenvalue weighted by Gasteiger charge is 2.07. The molecule has 1 N–H and O–H groups in total. The van der Waals surface area contributed by atoms with Crippen LogP contribution < -0.4 is 5.32 Å². The molecule has 0 fully saturated rings. The van der Waals surface area contributed by atoms with Crippen molar-refractivity contribution in [2.24, 2.45) is 7.05 Å². The SMILES string of the molecule is Cc1ccc(NCc2cnc3c(c2)c(C)nn3C)c(C)c1. The summed E-state index contributed by atoms with van der Waals surface area (Å²) in [5.74, 6) is 0. The molecule has 0 aliphatic carbocycles. The van der Waals surface area contributed by atoms with Crippen molar-refractivity contribution in [1.82, 2.24) is 14.8 Å². The summed E-state index contributed by atoms with van der Waals surface area (Å²) in [6.07, 6.45) is 1.92. The number of hydrogen-bond acceptors (Lipinski definition) is 3. The molecule has 4 heteroatoms. The number of nitrogens with zero attached hydrogens (tertiary/aromatic N) is 3. The van der Waals surface area contributed by atoms with Crippen LogP contribution in [-0.2, 0) is 13.6 Å². The van der Waals surface area contributed by atoms with Crippen molar-refractivity contribution in [2.75, 3.05) is 5.32 Å². The van der Waals surface area contributed by atoms with Gasteiger partial charge in [-0.25, -0.2) is 4.98 Å². The molecule has 108 valence electrons. The van der Waals surface area contributed by atoms with E-state index in [1.54, 1.807) is 0 Å². The largest absolute Gasteiger partial charge is 0.381 e. The first-order valence-electron chi connectivity index (χ1n) is 7.14. The van der Waals surface area contributed by atoms with Crippen LogP contribution in [0.5, 0.6) is 0 Å². The van der Waals surface area contributed by atoms with E-state index in [1.165, 1.54) is 22.4 Å². The number of anilines is 1. The van der Waals surface area contributed by atoms with Crippen molar-refractivity contribution in [3.8, 4) is 0 Å². The van der Waals surface area contributed by atoms with Crippen molar-refractivity contribution in [3.05, 3.63) is 52.8 Å². The van der Waals surface area contributed by atoms with Crippen LogP contribution >= 0.6 is 0 Å². The molecule has 1 aromatic carbocycles. The van der Waals surface area contributed by atoms with Crippen LogP contribution in [0.25, 0.3) is 11.0 Å². The van der Waals surface area contributed by atoms with E-state index >= 15 is 0 Å². The predicted octanol–water partition coefficient (Wildman–Crippen LogP) is 3.51. The Morgan fingerprint density at radius 3 is 2.71 bits per heavy atom. The molecule has 0 bridgehead atoms. The van der Waals surface area contributed by atoms with E-state index in [0.29, 0.717) is 0 Å². The van der Waals surface area contributed by atoms with Gasteiger partial charge in [-0.3, -0.25) is 4.68 Å². The number of aryl methyl sites for hydroxylation is 4. The van der Waals surface area contributed by atoms with Gasteiger partial charge < -0.3 is 5.32 Å². The molecular weight excluding hydrogens is 260 g/mol. The third kappa shape index (κ3) is 2.61. The zero-order chi connectivity index (χ0) is 15.0. The molecule has 3 aromatic rings. The van der Waals surface area contributed by atoms with E-state index in [-0.39, 0.29) is 0 Å². The summed E-state index contributed by atoms with van der Waals surface area (Å²) in [6, 6.07) is 8.62. The number of pyridine rings is 1. The molecule has 0 spiro atoms. The summed E-state index contributed by atoms with van der Waals surface area (Å²) in [6.45, 7) is 7.02. The number of fused-ring (bicyclic) bond motifs is 1. The lowest BCUT2D eigenvalue weighted by molar-refractivity contribution is 0.773. The Hall–Kier alpha value is -2.36. The van der Waals surface area contributed by atoms with Crippen molar-refractivity contribution in [2.45, 2.75) is 27.3 Å². The van der Waals surface area contributed by atoms with Crippen molar-refractivity contribution >= 4 is 16.7 Å². The maximum atomic E-state index is 4.51. The minimum Gasteiger partial charge on any atom is -0.381 e. The highest BCUT2D eigenvalue weighted by atomic mass is 15.3. The normalized spacial score (nSPS) is 11.0. The van der Waals surface area contributed by atoms with Crippen LogP contribution in [0, 0.1) is 20.8 Å². The molecule has 2 heterocycles. The summed E-state index contributed by atoms with van der Waals surface area (Å²) >= 11 is 0. The quantitative estimate of drug-likeness (QED) is 0.798. The number of hydrogen-bond donors (Lipinski definition) is 1. The van der Waals surface area contributed by atoms with E-state index < -0.39 is 0 Å². The Kier molecular flexibility index (Phi) is 3.37. The van der Waals surface area contributed by atoms with Crippen molar-refractivity contribution in [3.63, 3.8) is 0 Å². The van der Waals surface area contributed by atoms with E-state index in [1.807, 2.05) is 24.9 Å². The third-order valence-corrected chi connectivity index (χ3v) is 3.78. The highest BCUT2D eigenvalue weighted by molar-refractivity contribution is 5.78. The van der Waals surface area contributed by atoms with Gasteiger partial charge in [0.1, 0.15) is 0 Å². The molecule has 0 saturated carbocycles. The fourth-order valence-electron chi connectivity index (χ4n) is 2.66. The van der Waals surface area contributed by atoms with Gasteiger partial charge >= 0.3 is 0 Å². The summed E-state index contributed by atoms with van der Waals surface area (Å²) in [5, 5.41) is 9.01. The van der Waals surface area contributed by atoms with E-state index in [4.69, 9.17) is 0 Å². The first-order chi connectivity index (χ1) is 10.0. The number of rotatable bonds is 3. The Balaban J connectivity index is 1.83. The first-order valence-corrected chi connectivity index (χ1v) is 7.14. The minimum absolute atomic E-state index is 0.765. The fraction of sp³-hybridized carbons (Fsp3) is 0.294. The number of aromatic nitrogens is 3. The molecule has 2 aromatic heterocycles. The summed E-state index contributed by atoms with van der Waals surface area (Å²) in [7, 11) is 1.93. The lowest BCUT2D eigenvalue weighted by Gasteiger charge is -2.10. The number of benzene rings is 1. The lowest BCUT2D eigenvalue weighted by Crippen LogP contribution is -2.02. The van der Waals surface area contributed by atoms with E-state index in [2.05, 4.69) is 53.5 Å². The van der Waals surface area contributed by atoms with Gasteiger partial charge in [0.15, 0.2) is 5.65 Å². The van der Waals surface area contributed by atoms with Gasteiger partial charge in [0.05, 0.1) is 5.69 Å². The molecule has 21 heavy (non-hydrogen) atoms. The average molecular weight is 280 g/mol. The second-order valence-electron chi connectivity index (χ2n) is 5.60. The third-order valence-electron chi connectivity index (χ3n) is 3.78. The monoisotopic (exact) mass is 280 g/mol. The molecular formula is C17H20N4. The van der Waals surface area contributed by atoms with Gasteiger partial charge in [-0.15, -0.1) is 0 Å². The van der Waals surface area contributed by atoms with Crippen LogP contribution in [-0.4, -0.2) is 14.8 Å². The topological polar surface area (TPSA) is 42.7 Å². The Morgan fingerprint density at radius 1 is 1.14 bits per heavy atom. The lowest BCUT2D eigenvalue weighted by atomic mass is 10.1. The standard InChI is InChI=1S/C17H20N4/c1-11-5-6-16(12(2)7-11)18-9-14-8-15-13(3)20-21(4)17(15)19-10-14/h5-8,10,18H,9H2,1-4H3. The second-order valence-corrected chi connectivity index (χ2v) is 5.60. The Labute approximate surface area is 124 Å². The van der Waals surface area contributed by atoms with Crippen molar-refractivity contribution < 1.29 is 0 Å². The van der Waals surface area contributed by atoms with Gasteiger partial charge in [-0.2, -0.15) is 5.10 Å². The van der Waals surface area contributed by atoms with Crippen molar-refractivity contribution in [1.29, 1.82) is 0 Å². The van der Waals surface area contributed by atoms with Gasteiger partial charge in [-0.1, -0.05) is 17.7 Å². The Bertz CT molecular complexity index is 802. The molecule has 3 rings (SSSR count). The second kappa shape index (κ2) is 5.20. The summed E-state index contributed by atoms with van der Waals surface area (Å²) in [4.78, 5) is 4.51. The van der Waals surface area contributed by atoms with Crippen LogP contribution in [0.2, 0.25) is 0 Å². The zero-order valence-corrected chi connectivity index (χ0v) is 12.9. The fourth-order valence-corrected chi connectivity index (χ4v) is 2.66. The minimum atomic E-state index is 0.765. The molecule has 0 saturated heterocycles. The number of nitrogens with one attached hydrogen (secondary N) is 1. The molecule has 0 amide bonds. The van der Waals surface area contributed by atoms with Crippen LogP contribution in [0.1, 0.15) is 22.4 Å². The average Bonchev–Trinajstić information content (AvgIpc) is 2.73. The summed E-state index contributed by atoms with van der Waals surface area (Å²) < 4.78 is 1.83. The van der Waals surface area contributed by atoms with Crippen LogP contribution in [0.3, 0.4) is 0 Å². The molecule has 0 radical (unpaired) electrons. The van der Waals surface area contributed by atoms with Crippen LogP contribution in [0.15, 0.2) is 30.5 Å². The smallest absolute Gasteiger partial charge is 0.157 e. The van der Waals surface area contributed by atoms with E-state index in [9.17, 15) is 0 Å². The molecule has 4 nitrogen and oxygen atoms in total. The Morgan fingerprint density at radius 2 is 1.95 bits per heavy atom. The molecule has 0 aliphatic rings. The van der Waals surface area contributed by atoms with Gasteiger partial charge in [0, 0.05) is 30.9 Å². The van der Waals surface area contributed by atoms with Gasteiger partial charge in [0.2, 0.25) is 0 Å². The zero-order valence-electron chi connectivity index (χ0n) is 12.9. The molecule has 0 unspecified atom stereocenters. The maximum Gasteiger partial charge on any atom is 0.157 e. The van der Waals surface area contributed by atoms with Gasteiger partial charge in [0.25, 0.3) is 0 Å². The van der Waals surface area contributed by atoms with Crippen LogP contribution in [0.4, 0.5) is 5.69 Å². The summed E-state index contributed by atoms with van der Waals surface area (Å²) in [5.41, 5.74) is 6.84. The molecule has 0 aliphatic heterocycles.